The highest BCUT2D eigenvalue weighted by atomic mass is 79.9. The predicted molar refractivity (Wildman–Crippen MR) is 120 cm³/mol. The first-order valence-electron chi connectivity index (χ1n) is 9.26. The summed E-state index contributed by atoms with van der Waals surface area (Å²) in [4.78, 5) is 37.7. The summed E-state index contributed by atoms with van der Waals surface area (Å²) >= 11 is 9.43. The molecular weight excluding hydrogens is 505 g/mol. The number of urea groups is 1. The number of amides is 4. The van der Waals surface area contributed by atoms with Crippen molar-refractivity contribution in [3.05, 3.63) is 81.4 Å². The van der Waals surface area contributed by atoms with E-state index >= 15 is 0 Å². The molecule has 162 valence electrons. The number of para-hydroxylation sites is 1. The average Bonchev–Trinajstić information content (AvgIpc) is 3.32. The molecule has 0 atom stereocenters. The van der Waals surface area contributed by atoms with Gasteiger partial charge in [-0.25, -0.2) is 14.1 Å². The van der Waals surface area contributed by atoms with E-state index in [1.807, 2.05) is 6.07 Å². The maximum absolute atomic E-state index is 13.7. The number of furan rings is 1. The standard InChI is InChI=1S/C22H14BrClFN3O4/c23-14-7-5-12(9-15(14)24)19-8-6-13(32-19)10-18-21(30)28(22(31)27-18)11-20(29)26-17-4-2-1-3-16(17)25/h1-10H,11H2,(H,26,29)(H,27,31)/b18-10+. The molecule has 4 rings (SSSR count). The van der Waals surface area contributed by atoms with Gasteiger partial charge in [-0.1, -0.05) is 29.8 Å². The van der Waals surface area contributed by atoms with Gasteiger partial charge in [0.1, 0.15) is 29.6 Å². The largest absolute Gasteiger partial charge is 0.457 e. The zero-order valence-electron chi connectivity index (χ0n) is 16.2. The van der Waals surface area contributed by atoms with E-state index in [9.17, 15) is 18.8 Å². The highest BCUT2D eigenvalue weighted by Gasteiger charge is 2.35. The monoisotopic (exact) mass is 517 g/mol. The predicted octanol–water partition coefficient (Wildman–Crippen LogP) is 5.03. The molecular formula is C22H14BrClFN3O4. The van der Waals surface area contributed by atoms with Gasteiger partial charge in [-0.15, -0.1) is 0 Å². The average molecular weight is 519 g/mol. The van der Waals surface area contributed by atoms with Gasteiger partial charge in [0.25, 0.3) is 5.91 Å². The Bertz CT molecular complexity index is 1270. The van der Waals surface area contributed by atoms with E-state index in [2.05, 4.69) is 26.6 Å². The molecule has 0 radical (unpaired) electrons. The van der Waals surface area contributed by atoms with Gasteiger partial charge in [-0.2, -0.15) is 0 Å². The number of nitrogens with one attached hydrogen (secondary N) is 2. The number of carbonyl (C=O) groups excluding carboxylic acids is 3. The third-order valence-electron chi connectivity index (χ3n) is 4.53. The molecule has 1 aliphatic rings. The molecule has 4 amide bonds. The summed E-state index contributed by atoms with van der Waals surface area (Å²) in [5.41, 5.74) is 0.635. The van der Waals surface area contributed by atoms with Crippen LogP contribution in [0.5, 0.6) is 0 Å². The number of hydrogen-bond donors (Lipinski definition) is 2. The maximum Gasteiger partial charge on any atom is 0.329 e. The zero-order valence-corrected chi connectivity index (χ0v) is 18.5. The summed E-state index contributed by atoms with van der Waals surface area (Å²) in [5.74, 6) is -1.21. The van der Waals surface area contributed by atoms with Crippen LogP contribution in [0.1, 0.15) is 5.76 Å². The molecule has 1 aromatic heterocycles. The van der Waals surface area contributed by atoms with Crippen LogP contribution in [-0.4, -0.2) is 29.3 Å². The fraction of sp³-hybridized carbons (Fsp3) is 0.0455. The minimum absolute atomic E-state index is 0.0449. The topological polar surface area (TPSA) is 91.7 Å². The van der Waals surface area contributed by atoms with Crippen LogP contribution in [0.4, 0.5) is 14.9 Å². The number of halogens is 3. The first-order chi connectivity index (χ1) is 15.3. The Labute approximate surface area is 195 Å². The number of nitrogens with zero attached hydrogens (tertiary/aromatic N) is 1. The lowest BCUT2D eigenvalue weighted by atomic mass is 10.2. The van der Waals surface area contributed by atoms with Gasteiger partial charge in [-0.3, -0.25) is 9.59 Å². The lowest BCUT2D eigenvalue weighted by Gasteiger charge is -2.12. The number of benzene rings is 2. The van der Waals surface area contributed by atoms with Crippen molar-refractivity contribution < 1.29 is 23.2 Å². The first-order valence-corrected chi connectivity index (χ1v) is 10.4. The molecule has 2 N–H and O–H groups in total. The van der Waals surface area contributed by atoms with E-state index in [0.29, 0.717) is 16.5 Å². The minimum Gasteiger partial charge on any atom is -0.457 e. The van der Waals surface area contributed by atoms with Gasteiger partial charge in [0.15, 0.2) is 0 Å². The second-order valence-electron chi connectivity index (χ2n) is 6.74. The van der Waals surface area contributed by atoms with Gasteiger partial charge in [0.05, 0.1) is 10.7 Å². The summed E-state index contributed by atoms with van der Waals surface area (Å²) in [7, 11) is 0. The van der Waals surface area contributed by atoms with E-state index in [-0.39, 0.29) is 11.4 Å². The molecule has 1 aliphatic heterocycles. The molecule has 1 saturated heterocycles. The van der Waals surface area contributed by atoms with Crippen LogP contribution in [0.3, 0.4) is 0 Å². The highest BCUT2D eigenvalue weighted by molar-refractivity contribution is 9.10. The lowest BCUT2D eigenvalue weighted by molar-refractivity contribution is -0.127. The number of imide groups is 1. The van der Waals surface area contributed by atoms with Crippen molar-refractivity contribution in [2.24, 2.45) is 0 Å². The second-order valence-corrected chi connectivity index (χ2v) is 8.00. The lowest BCUT2D eigenvalue weighted by Crippen LogP contribution is -2.38. The normalized spacial score (nSPS) is 14.7. The van der Waals surface area contributed by atoms with Gasteiger partial charge < -0.3 is 15.1 Å². The Hall–Kier alpha value is -3.43. The molecule has 3 aromatic rings. The van der Waals surface area contributed by atoms with E-state index in [1.165, 1.54) is 24.3 Å². The molecule has 0 saturated carbocycles. The molecule has 7 nitrogen and oxygen atoms in total. The Morgan fingerprint density at radius 3 is 2.72 bits per heavy atom. The molecule has 1 fully saturated rings. The summed E-state index contributed by atoms with van der Waals surface area (Å²) in [6.07, 6.45) is 1.36. The van der Waals surface area contributed by atoms with E-state index in [4.69, 9.17) is 16.0 Å². The smallest absolute Gasteiger partial charge is 0.329 e. The fourth-order valence-corrected chi connectivity index (χ4v) is 3.42. The van der Waals surface area contributed by atoms with Crippen LogP contribution in [0.2, 0.25) is 5.02 Å². The van der Waals surface area contributed by atoms with Crippen molar-refractivity contribution in [3.63, 3.8) is 0 Å². The Morgan fingerprint density at radius 2 is 1.97 bits per heavy atom. The molecule has 10 heteroatoms. The summed E-state index contributed by atoms with van der Waals surface area (Å²) in [6, 6.07) is 13.5. The maximum atomic E-state index is 13.7. The number of rotatable bonds is 5. The summed E-state index contributed by atoms with van der Waals surface area (Å²) in [6.45, 7) is -0.572. The number of carbonyl (C=O) groups is 3. The van der Waals surface area contributed by atoms with Gasteiger partial charge in [0.2, 0.25) is 5.91 Å². The van der Waals surface area contributed by atoms with Gasteiger partial charge >= 0.3 is 6.03 Å². The zero-order chi connectivity index (χ0) is 22.8. The van der Waals surface area contributed by atoms with Crippen LogP contribution in [0, 0.1) is 5.82 Å². The Morgan fingerprint density at radius 1 is 1.19 bits per heavy atom. The summed E-state index contributed by atoms with van der Waals surface area (Å²) in [5, 5.41) is 5.25. The van der Waals surface area contributed by atoms with Crippen LogP contribution in [-0.2, 0) is 9.59 Å². The Kier molecular flexibility index (Phi) is 6.11. The molecule has 32 heavy (non-hydrogen) atoms. The van der Waals surface area contributed by atoms with Crippen molar-refractivity contribution >= 4 is 57.1 Å². The molecule has 2 heterocycles. The molecule has 0 unspecified atom stereocenters. The molecule has 0 aliphatic carbocycles. The molecule has 2 aromatic carbocycles. The minimum atomic E-state index is -0.767. The van der Waals surface area contributed by atoms with Crippen molar-refractivity contribution in [2.45, 2.75) is 0 Å². The van der Waals surface area contributed by atoms with Crippen LogP contribution >= 0.6 is 27.5 Å². The van der Waals surface area contributed by atoms with Gasteiger partial charge in [-0.05, 0) is 52.3 Å². The first kappa shape index (κ1) is 21.8. The Balaban J connectivity index is 1.46. The van der Waals surface area contributed by atoms with Crippen molar-refractivity contribution in [3.8, 4) is 11.3 Å². The fourth-order valence-electron chi connectivity index (χ4n) is 2.99. The van der Waals surface area contributed by atoms with Crippen LogP contribution in [0.15, 0.2) is 69.2 Å². The quantitative estimate of drug-likeness (QED) is 0.366. The highest BCUT2D eigenvalue weighted by Crippen LogP contribution is 2.30. The van der Waals surface area contributed by atoms with Crippen molar-refractivity contribution in [2.75, 3.05) is 11.9 Å². The third kappa shape index (κ3) is 4.58. The molecule has 0 bridgehead atoms. The number of anilines is 1. The van der Waals surface area contributed by atoms with Crippen LogP contribution in [0.25, 0.3) is 17.4 Å². The summed E-state index contributed by atoms with van der Waals surface area (Å²) < 4.78 is 20.2. The van der Waals surface area contributed by atoms with Crippen LogP contribution < -0.4 is 10.6 Å². The van der Waals surface area contributed by atoms with Gasteiger partial charge in [0, 0.05) is 16.1 Å². The van der Waals surface area contributed by atoms with E-state index in [0.717, 1.165) is 14.9 Å². The third-order valence-corrected chi connectivity index (χ3v) is 5.76. The number of hydrogen-bond acceptors (Lipinski definition) is 4. The second kappa shape index (κ2) is 8.97. The molecule has 0 spiro atoms. The van der Waals surface area contributed by atoms with Crippen molar-refractivity contribution in [1.82, 2.24) is 10.2 Å². The SMILES string of the molecule is O=C(CN1C(=O)N/C(=C/c2ccc(-c3ccc(Br)c(Cl)c3)o2)C1=O)Nc1ccccc1F. The van der Waals surface area contributed by atoms with E-state index < -0.39 is 30.2 Å². The van der Waals surface area contributed by atoms with Crippen molar-refractivity contribution in [1.29, 1.82) is 0 Å². The van der Waals surface area contributed by atoms with E-state index in [1.54, 1.807) is 30.3 Å².